The molecule has 1 aliphatic rings. The van der Waals surface area contributed by atoms with E-state index in [-0.39, 0.29) is 17.1 Å². The van der Waals surface area contributed by atoms with Gasteiger partial charge in [-0.25, -0.2) is 13.4 Å². The SMILES string of the molecule is CC1CN(S(=O)(=O)c2c[nH]c3ncccc23)CCC(c2ccccc2)O1. The largest absolute Gasteiger partial charge is 0.369 e. The molecule has 2 aromatic heterocycles. The lowest BCUT2D eigenvalue weighted by atomic mass is 10.1. The Morgan fingerprint density at radius 3 is 2.81 bits per heavy atom. The molecule has 26 heavy (non-hydrogen) atoms. The molecular formula is C19H21N3O3S. The number of rotatable bonds is 3. The second-order valence-corrected chi connectivity index (χ2v) is 8.46. The molecule has 136 valence electrons. The summed E-state index contributed by atoms with van der Waals surface area (Å²) in [5, 5.41) is 0.616. The molecule has 6 nitrogen and oxygen atoms in total. The highest BCUT2D eigenvalue weighted by Crippen LogP contribution is 2.30. The third kappa shape index (κ3) is 3.13. The number of sulfonamides is 1. The fourth-order valence-electron chi connectivity index (χ4n) is 3.45. The first-order chi connectivity index (χ1) is 12.6. The van der Waals surface area contributed by atoms with Gasteiger partial charge >= 0.3 is 0 Å². The minimum absolute atomic E-state index is 0.101. The molecule has 1 aromatic carbocycles. The van der Waals surface area contributed by atoms with E-state index in [9.17, 15) is 8.42 Å². The number of benzene rings is 1. The summed E-state index contributed by atoms with van der Waals surface area (Å²) in [5.74, 6) is 0. The van der Waals surface area contributed by atoms with Crippen molar-refractivity contribution in [3.05, 3.63) is 60.4 Å². The Kier molecular flexibility index (Phi) is 4.52. The van der Waals surface area contributed by atoms with Crippen LogP contribution in [0.15, 0.2) is 59.8 Å². The Morgan fingerprint density at radius 1 is 1.19 bits per heavy atom. The molecule has 4 rings (SSSR count). The molecule has 1 saturated heterocycles. The number of aromatic amines is 1. The van der Waals surface area contributed by atoms with Gasteiger partial charge in [0.15, 0.2) is 0 Å². The molecule has 0 aliphatic carbocycles. The van der Waals surface area contributed by atoms with E-state index in [0.29, 0.717) is 30.5 Å². The van der Waals surface area contributed by atoms with Crippen LogP contribution in [0.5, 0.6) is 0 Å². The van der Waals surface area contributed by atoms with Crippen LogP contribution in [0.4, 0.5) is 0 Å². The normalized spacial score (nSPS) is 22.3. The number of H-pyrrole nitrogens is 1. The van der Waals surface area contributed by atoms with E-state index in [2.05, 4.69) is 9.97 Å². The van der Waals surface area contributed by atoms with Crippen molar-refractivity contribution in [1.82, 2.24) is 14.3 Å². The zero-order valence-corrected chi connectivity index (χ0v) is 15.3. The zero-order valence-electron chi connectivity index (χ0n) is 14.5. The van der Waals surface area contributed by atoms with E-state index in [0.717, 1.165) is 5.56 Å². The topological polar surface area (TPSA) is 75.3 Å². The smallest absolute Gasteiger partial charge is 0.245 e. The minimum atomic E-state index is -3.63. The van der Waals surface area contributed by atoms with Crippen molar-refractivity contribution in [2.45, 2.75) is 30.4 Å². The van der Waals surface area contributed by atoms with E-state index < -0.39 is 10.0 Å². The Balaban J connectivity index is 1.63. The quantitative estimate of drug-likeness (QED) is 0.768. The number of pyridine rings is 1. The average molecular weight is 371 g/mol. The number of aromatic nitrogens is 2. The fraction of sp³-hybridized carbons (Fsp3) is 0.316. The summed E-state index contributed by atoms with van der Waals surface area (Å²) in [6.07, 6.45) is 3.49. The van der Waals surface area contributed by atoms with Crippen LogP contribution in [0.1, 0.15) is 25.0 Å². The first-order valence-electron chi connectivity index (χ1n) is 8.68. The van der Waals surface area contributed by atoms with Gasteiger partial charge in [0, 0.05) is 30.9 Å². The summed E-state index contributed by atoms with van der Waals surface area (Å²) in [7, 11) is -3.63. The number of hydrogen-bond donors (Lipinski definition) is 1. The molecule has 2 atom stereocenters. The average Bonchev–Trinajstić information content (AvgIpc) is 2.99. The van der Waals surface area contributed by atoms with Crippen LogP contribution in [0, 0.1) is 0 Å². The van der Waals surface area contributed by atoms with E-state index in [4.69, 9.17) is 4.74 Å². The summed E-state index contributed by atoms with van der Waals surface area (Å²) < 4.78 is 34.1. The van der Waals surface area contributed by atoms with Gasteiger partial charge in [0.2, 0.25) is 10.0 Å². The third-order valence-electron chi connectivity index (χ3n) is 4.70. The van der Waals surface area contributed by atoms with E-state index >= 15 is 0 Å². The number of hydrogen-bond acceptors (Lipinski definition) is 4. The van der Waals surface area contributed by atoms with Gasteiger partial charge in [-0.15, -0.1) is 0 Å². The minimum Gasteiger partial charge on any atom is -0.369 e. The maximum Gasteiger partial charge on any atom is 0.245 e. The van der Waals surface area contributed by atoms with Gasteiger partial charge in [-0.05, 0) is 31.0 Å². The first kappa shape index (κ1) is 17.2. The molecule has 2 unspecified atom stereocenters. The summed E-state index contributed by atoms with van der Waals surface area (Å²) >= 11 is 0. The Labute approximate surface area is 152 Å². The van der Waals surface area contributed by atoms with Crippen LogP contribution in [-0.2, 0) is 14.8 Å². The van der Waals surface area contributed by atoms with Crippen molar-refractivity contribution < 1.29 is 13.2 Å². The van der Waals surface area contributed by atoms with Crippen LogP contribution in [0.3, 0.4) is 0 Å². The van der Waals surface area contributed by atoms with Gasteiger partial charge in [0.1, 0.15) is 10.5 Å². The van der Waals surface area contributed by atoms with Gasteiger partial charge in [0.25, 0.3) is 0 Å². The highest BCUT2D eigenvalue weighted by Gasteiger charge is 2.32. The lowest BCUT2D eigenvalue weighted by Crippen LogP contribution is -2.35. The van der Waals surface area contributed by atoms with Gasteiger partial charge in [-0.2, -0.15) is 4.31 Å². The summed E-state index contributed by atoms with van der Waals surface area (Å²) in [4.78, 5) is 7.40. The van der Waals surface area contributed by atoms with Crippen LogP contribution < -0.4 is 0 Å². The maximum atomic E-state index is 13.2. The number of ether oxygens (including phenoxy) is 1. The summed E-state index contributed by atoms with van der Waals surface area (Å²) in [5.41, 5.74) is 1.65. The molecular weight excluding hydrogens is 350 g/mol. The van der Waals surface area contributed by atoms with Crippen LogP contribution in [0.2, 0.25) is 0 Å². The molecule has 7 heteroatoms. The number of nitrogens with one attached hydrogen (secondary N) is 1. The predicted octanol–water partition coefficient (Wildman–Crippen LogP) is 3.10. The molecule has 3 heterocycles. The molecule has 0 bridgehead atoms. The highest BCUT2D eigenvalue weighted by molar-refractivity contribution is 7.89. The van der Waals surface area contributed by atoms with Crippen molar-refractivity contribution in [2.75, 3.05) is 13.1 Å². The van der Waals surface area contributed by atoms with E-state index in [1.54, 1.807) is 18.3 Å². The Hall–Kier alpha value is -2.22. The molecule has 0 radical (unpaired) electrons. The first-order valence-corrected chi connectivity index (χ1v) is 10.1. The second kappa shape index (κ2) is 6.83. The van der Waals surface area contributed by atoms with Crippen LogP contribution in [0.25, 0.3) is 11.0 Å². The fourth-order valence-corrected chi connectivity index (χ4v) is 5.13. The van der Waals surface area contributed by atoms with Crippen molar-refractivity contribution in [1.29, 1.82) is 0 Å². The second-order valence-electron chi connectivity index (χ2n) is 6.55. The molecule has 0 amide bonds. The monoisotopic (exact) mass is 371 g/mol. The number of nitrogens with zero attached hydrogens (tertiary/aromatic N) is 2. The molecule has 1 aliphatic heterocycles. The summed E-state index contributed by atoms with van der Waals surface area (Å²) in [6, 6.07) is 13.5. The maximum absolute atomic E-state index is 13.2. The molecule has 3 aromatic rings. The Morgan fingerprint density at radius 2 is 2.00 bits per heavy atom. The molecule has 0 spiro atoms. The predicted molar refractivity (Wildman–Crippen MR) is 99.2 cm³/mol. The lowest BCUT2D eigenvalue weighted by Gasteiger charge is -2.21. The van der Waals surface area contributed by atoms with E-state index in [1.165, 1.54) is 10.5 Å². The van der Waals surface area contributed by atoms with Gasteiger partial charge in [-0.3, -0.25) is 0 Å². The third-order valence-corrected chi connectivity index (χ3v) is 6.61. The lowest BCUT2D eigenvalue weighted by molar-refractivity contribution is 0.00549. The van der Waals surface area contributed by atoms with Crippen LogP contribution in [-0.4, -0.2) is 41.9 Å². The van der Waals surface area contributed by atoms with Crippen molar-refractivity contribution in [3.63, 3.8) is 0 Å². The molecule has 1 fully saturated rings. The highest BCUT2D eigenvalue weighted by atomic mass is 32.2. The van der Waals surface area contributed by atoms with Gasteiger partial charge < -0.3 is 9.72 Å². The van der Waals surface area contributed by atoms with Gasteiger partial charge in [0.05, 0.1) is 12.2 Å². The molecule has 0 saturated carbocycles. The number of fused-ring (bicyclic) bond motifs is 1. The van der Waals surface area contributed by atoms with E-state index in [1.807, 2.05) is 37.3 Å². The summed E-state index contributed by atoms with van der Waals surface area (Å²) in [6.45, 7) is 2.67. The Bertz CT molecular complexity index is 1000. The molecule has 1 N–H and O–H groups in total. The van der Waals surface area contributed by atoms with Crippen molar-refractivity contribution in [3.8, 4) is 0 Å². The van der Waals surface area contributed by atoms with Crippen molar-refractivity contribution >= 4 is 21.1 Å². The van der Waals surface area contributed by atoms with Gasteiger partial charge in [-0.1, -0.05) is 30.3 Å². The standard InChI is InChI=1S/C19H21N3O3S/c1-14-13-22(11-9-17(25-14)15-6-3-2-4-7-15)26(23,24)18-12-21-19-16(18)8-5-10-20-19/h2-8,10,12,14,17H,9,11,13H2,1H3,(H,20,21). The van der Waals surface area contributed by atoms with Crippen LogP contribution >= 0.6 is 0 Å². The van der Waals surface area contributed by atoms with Crippen molar-refractivity contribution in [2.24, 2.45) is 0 Å². The zero-order chi connectivity index (χ0) is 18.1.